The Bertz CT molecular complexity index is 725. The Labute approximate surface area is 154 Å². The number of nitrogens with one attached hydrogen (secondary N) is 1. The van der Waals surface area contributed by atoms with E-state index in [-0.39, 0.29) is 12.0 Å². The maximum Gasteiger partial charge on any atom is 0.232 e. The molecule has 25 heavy (non-hydrogen) atoms. The highest BCUT2D eigenvalue weighted by Crippen LogP contribution is 2.31. The summed E-state index contributed by atoms with van der Waals surface area (Å²) in [5, 5.41) is 12.0. The summed E-state index contributed by atoms with van der Waals surface area (Å²) in [4.78, 5) is 14.0. The van der Waals surface area contributed by atoms with Gasteiger partial charge in [0.05, 0.1) is 12.3 Å². The fraction of sp³-hybridized carbons (Fsp3) is 0.438. The van der Waals surface area contributed by atoms with E-state index in [4.69, 9.17) is 9.47 Å². The minimum absolute atomic E-state index is 0.0210. The molecule has 0 aliphatic carbocycles. The Morgan fingerprint density at radius 2 is 2.20 bits per heavy atom. The molecule has 7 nitrogen and oxygen atoms in total. The normalized spacial score (nSPS) is 15.7. The molecule has 2 heterocycles. The van der Waals surface area contributed by atoms with E-state index >= 15 is 0 Å². The number of para-hydroxylation sites is 2. The highest BCUT2D eigenvalue weighted by atomic mass is 32.2. The number of fused-ring (bicyclic) bond motifs is 1. The number of ether oxygens (including phenoxy) is 2. The van der Waals surface area contributed by atoms with Gasteiger partial charge in [0.25, 0.3) is 0 Å². The van der Waals surface area contributed by atoms with Gasteiger partial charge >= 0.3 is 0 Å². The molecular formula is C16H20N4O3S2. The predicted octanol–water partition coefficient (Wildman–Crippen LogP) is 2.36. The number of hydrogen-bond acceptors (Lipinski definition) is 8. The molecule has 0 saturated heterocycles. The monoisotopic (exact) mass is 380 g/mol. The molecule has 1 atom stereocenters. The molecular weight excluding hydrogens is 360 g/mol. The number of benzene rings is 1. The SMILES string of the molecule is CCNc1nnc(SCC(=O)N(C)C[C@@H]2COc3ccccc3O2)s1. The average Bonchev–Trinajstić information content (AvgIpc) is 3.07. The van der Waals surface area contributed by atoms with Crippen molar-refractivity contribution in [2.24, 2.45) is 0 Å². The van der Waals surface area contributed by atoms with E-state index in [1.54, 1.807) is 11.9 Å². The van der Waals surface area contributed by atoms with Crippen molar-refractivity contribution in [2.75, 3.05) is 37.8 Å². The zero-order valence-electron chi connectivity index (χ0n) is 14.1. The first-order chi connectivity index (χ1) is 12.2. The van der Waals surface area contributed by atoms with Crippen LogP contribution in [0.15, 0.2) is 28.6 Å². The molecule has 3 rings (SSSR count). The predicted molar refractivity (Wildman–Crippen MR) is 98.8 cm³/mol. The first kappa shape index (κ1) is 17.8. The second-order valence-electron chi connectivity index (χ2n) is 5.46. The van der Waals surface area contributed by atoms with Gasteiger partial charge in [-0.05, 0) is 19.1 Å². The van der Waals surface area contributed by atoms with Gasteiger partial charge < -0.3 is 19.7 Å². The summed E-state index contributed by atoms with van der Waals surface area (Å²) in [6, 6.07) is 7.56. The smallest absolute Gasteiger partial charge is 0.232 e. The van der Waals surface area contributed by atoms with E-state index in [0.717, 1.165) is 27.5 Å². The van der Waals surface area contributed by atoms with Crippen molar-refractivity contribution in [1.82, 2.24) is 15.1 Å². The molecule has 134 valence electrons. The average molecular weight is 380 g/mol. The number of carbonyl (C=O) groups is 1. The quantitative estimate of drug-likeness (QED) is 0.739. The van der Waals surface area contributed by atoms with Crippen LogP contribution >= 0.6 is 23.1 Å². The van der Waals surface area contributed by atoms with E-state index in [9.17, 15) is 4.79 Å². The van der Waals surface area contributed by atoms with Crippen LogP contribution in [-0.2, 0) is 4.79 Å². The zero-order valence-corrected chi connectivity index (χ0v) is 15.7. The lowest BCUT2D eigenvalue weighted by atomic mass is 10.2. The number of anilines is 1. The van der Waals surface area contributed by atoms with Crippen LogP contribution in [0, 0.1) is 0 Å². The first-order valence-corrected chi connectivity index (χ1v) is 9.78. The van der Waals surface area contributed by atoms with Crippen LogP contribution in [0.1, 0.15) is 6.92 Å². The van der Waals surface area contributed by atoms with Crippen LogP contribution in [0.25, 0.3) is 0 Å². The molecule has 2 aromatic rings. The Morgan fingerprint density at radius 1 is 1.40 bits per heavy atom. The summed E-state index contributed by atoms with van der Waals surface area (Å²) in [5.74, 6) is 1.81. The maximum absolute atomic E-state index is 12.3. The third-order valence-electron chi connectivity index (χ3n) is 3.52. The van der Waals surface area contributed by atoms with Crippen molar-refractivity contribution in [1.29, 1.82) is 0 Å². The van der Waals surface area contributed by atoms with Crippen molar-refractivity contribution >= 4 is 34.1 Å². The second-order valence-corrected chi connectivity index (χ2v) is 7.66. The lowest BCUT2D eigenvalue weighted by Crippen LogP contribution is -2.42. The third-order valence-corrected chi connectivity index (χ3v) is 5.52. The molecule has 9 heteroatoms. The zero-order chi connectivity index (χ0) is 17.6. The van der Waals surface area contributed by atoms with Crippen molar-refractivity contribution in [3.05, 3.63) is 24.3 Å². The molecule has 0 unspecified atom stereocenters. The molecule has 1 aliphatic heterocycles. The fourth-order valence-electron chi connectivity index (χ4n) is 2.28. The van der Waals surface area contributed by atoms with Crippen LogP contribution in [0.2, 0.25) is 0 Å². The minimum Gasteiger partial charge on any atom is -0.486 e. The van der Waals surface area contributed by atoms with Crippen molar-refractivity contribution in [2.45, 2.75) is 17.4 Å². The van der Waals surface area contributed by atoms with E-state index in [1.807, 2.05) is 31.2 Å². The molecule has 1 N–H and O–H groups in total. The molecule has 0 bridgehead atoms. The van der Waals surface area contributed by atoms with Gasteiger partial charge in [0.2, 0.25) is 11.0 Å². The van der Waals surface area contributed by atoms with E-state index in [1.165, 1.54) is 23.1 Å². The van der Waals surface area contributed by atoms with Crippen LogP contribution < -0.4 is 14.8 Å². The van der Waals surface area contributed by atoms with E-state index in [0.29, 0.717) is 18.9 Å². The fourth-order valence-corrected chi connectivity index (χ4v) is 4.05. The highest BCUT2D eigenvalue weighted by molar-refractivity contribution is 8.01. The molecule has 0 fully saturated rings. The van der Waals surface area contributed by atoms with E-state index < -0.39 is 0 Å². The number of aromatic nitrogens is 2. The summed E-state index contributed by atoms with van der Waals surface area (Å²) in [6.45, 7) is 3.71. The Morgan fingerprint density at radius 3 is 3.00 bits per heavy atom. The summed E-state index contributed by atoms with van der Waals surface area (Å²) >= 11 is 2.85. The molecule has 0 radical (unpaired) electrons. The Balaban J connectivity index is 1.46. The molecule has 0 saturated carbocycles. The van der Waals surface area contributed by atoms with Crippen molar-refractivity contribution < 1.29 is 14.3 Å². The van der Waals surface area contributed by atoms with Gasteiger partial charge in [0.15, 0.2) is 21.9 Å². The largest absolute Gasteiger partial charge is 0.486 e. The third kappa shape index (κ3) is 4.76. The minimum atomic E-state index is -0.171. The van der Waals surface area contributed by atoms with Gasteiger partial charge in [-0.3, -0.25) is 4.79 Å². The number of hydrogen-bond donors (Lipinski definition) is 1. The summed E-state index contributed by atoms with van der Waals surface area (Å²) < 4.78 is 12.4. The summed E-state index contributed by atoms with van der Waals surface area (Å²) in [6.07, 6.45) is -0.171. The van der Waals surface area contributed by atoms with Gasteiger partial charge in [-0.2, -0.15) is 0 Å². The molecule has 1 aromatic carbocycles. The molecule has 1 aliphatic rings. The van der Waals surface area contributed by atoms with Gasteiger partial charge in [0.1, 0.15) is 6.61 Å². The molecule has 1 amide bonds. The standard InChI is InChI=1S/C16H20N4O3S2/c1-3-17-15-18-19-16(25-15)24-10-14(21)20(2)8-11-9-22-12-6-4-5-7-13(12)23-11/h4-7,11H,3,8-10H2,1-2H3,(H,17,18)/t11-/m1/s1. The van der Waals surface area contributed by atoms with Crippen LogP contribution in [-0.4, -0.2) is 59.6 Å². The van der Waals surface area contributed by atoms with Crippen molar-refractivity contribution in [3.8, 4) is 11.5 Å². The van der Waals surface area contributed by atoms with Gasteiger partial charge in [-0.15, -0.1) is 10.2 Å². The topological polar surface area (TPSA) is 76.6 Å². The Hall–Kier alpha value is -2.00. The van der Waals surface area contributed by atoms with Gasteiger partial charge in [-0.25, -0.2) is 0 Å². The number of carbonyl (C=O) groups excluding carboxylic acids is 1. The van der Waals surface area contributed by atoms with Crippen LogP contribution in [0.3, 0.4) is 0 Å². The van der Waals surface area contributed by atoms with Crippen LogP contribution in [0.4, 0.5) is 5.13 Å². The molecule has 1 aromatic heterocycles. The second kappa shape index (κ2) is 8.39. The number of amides is 1. The van der Waals surface area contributed by atoms with Crippen molar-refractivity contribution in [3.63, 3.8) is 0 Å². The van der Waals surface area contributed by atoms with Crippen LogP contribution in [0.5, 0.6) is 11.5 Å². The number of rotatable bonds is 7. The van der Waals surface area contributed by atoms with Gasteiger partial charge in [0, 0.05) is 13.6 Å². The van der Waals surface area contributed by atoms with E-state index in [2.05, 4.69) is 15.5 Å². The summed E-state index contributed by atoms with van der Waals surface area (Å²) in [5.41, 5.74) is 0. The highest BCUT2D eigenvalue weighted by Gasteiger charge is 2.23. The summed E-state index contributed by atoms with van der Waals surface area (Å²) in [7, 11) is 1.77. The lowest BCUT2D eigenvalue weighted by molar-refractivity contribution is -0.128. The van der Waals surface area contributed by atoms with Gasteiger partial charge in [-0.1, -0.05) is 35.2 Å². The number of nitrogens with zero attached hydrogens (tertiary/aromatic N) is 3. The number of likely N-dealkylation sites (N-methyl/N-ethyl adjacent to an activating group) is 1. The maximum atomic E-state index is 12.3. The lowest BCUT2D eigenvalue weighted by Gasteiger charge is -2.29. The molecule has 0 spiro atoms. The first-order valence-electron chi connectivity index (χ1n) is 7.98. The Kier molecular flexibility index (Phi) is 5.98. The number of thioether (sulfide) groups is 1.